The van der Waals surface area contributed by atoms with Crippen molar-refractivity contribution in [1.29, 1.82) is 0 Å². The third-order valence-corrected chi connectivity index (χ3v) is 2.55. The van der Waals surface area contributed by atoms with E-state index < -0.39 is 0 Å². The monoisotopic (exact) mass is 239 g/mol. The summed E-state index contributed by atoms with van der Waals surface area (Å²) < 4.78 is 7.77. The predicted molar refractivity (Wildman–Crippen MR) is 70.4 cm³/mol. The second-order valence-electron chi connectivity index (χ2n) is 5.31. The molecule has 0 aliphatic carbocycles. The van der Waals surface area contributed by atoms with Crippen molar-refractivity contribution >= 4 is 0 Å². The summed E-state index contributed by atoms with van der Waals surface area (Å²) in [4.78, 5) is 0. The Kier molecular flexibility index (Phi) is 5.00. The van der Waals surface area contributed by atoms with Gasteiger partial charge in [-0.15, -0.1) is 0 Å². The highest BCUT2D eigenvalue weighted by Gasteiger charge is 2.14. The third-order valence-electron chi connectivity index (χ3n) is 2.55. The van der Waals surface area contributed by atoms with Gasteiger partial charge in [-0.25, -0.2) is 0 Å². The first-order chi connectivity index (χ1) is 7.94. The van der Waals surface area contributed by atoms with Crippen LogP contribution >= 0.6 is 0 Å². The molecule has 0 bridgehead atoms. The van der Waals surface area contributed by atoms with Gasteiger partial charge in [0.1, 0.15) is 6.10 Å². The zero-order valence-electron chi connectivity index (χ0n) is 11.7. The smallest absolute Gasteiger partial charge is 0.157 e. The third kappa shape index (κ3) is 5.22. The summed E-state index contributed by atoms with van der Waals surface area (Å²) >= 11 is 0. The summed E-state index contributed by atoms with van der Waals surface area (Å²) in [6, 6.07) is 0. The number of hydrogen-bond acceptors (Lipinski definition) is 3. The number of hydrogen-bond donors (Lipinski definition) is 1. The van der Waals surface area contributed by atoms with Crippen LogP contribution in [0.25, 0.3) is 0 Å². The number of nitrogens with zero attached hydrogens (tertiary/aromatic N) is 2. The molecule has 0 spiro atoms. The van der Waals surface area contributed by atoms with Crippen LogP contribution in [-0.4, -0.2) is 28.0 Å². The van der Waals surface area contributed by atoms with Crippen molar-refractivity contribution < 1.29 is 4.74 Å². The molecule has 0 amide bonds. The van der Waals surface area contributed by atoms with Gasteiger partial charge in [-0.05, 0) is 34.1 Å². The lowest BCUT2D eigenvalue weighted by Gasteiger charge is -2.24. The Labute approximate surface area is 104 Å². The topological polar surface area (TPSA) is 39.1 Å². The Balaban J connectivity index is 2.46. The van der Waals surface area contributed by atoms with Crippen LogP contribution in [0.5, 0.6) is 5.75 Å². The van der Waals surface area contributed by atoms with Gasteiger partial charge in [0.05, 0.1) is 12.4 Å². The lowest BCUT2D eigenvalue weighted by Crippen LogP contribution is -2.42. The summed E-state index contributed by atoms with van der Waals surface area (Å²) in [5.41, 5.74) is 0.129. The minimum atomic E-state index is 0.129. The van der Waals surface area contributed by atoms with E-state index in [-0.39, 0.29) is 11.6 Å². The SMILES string of the molecule is CCC(CNC(C)(C)C)Oc1cnn(CC)c1. The molecule has 1 heterocycles. The van der Waals surface area contributed by atoms with Gasteiger partial charge in [0.2, 0.25) is 0 Å². The summed E-state index contributed by atoms with van der Waals surface area (Å²) in [6.07, 6.45) is 4.91. The van der Waals surface area contributed by atoms with Gasteiger partial charge in [0, 0.05) is 18.6 Å². The van der Waals surface area contributed by atoms with E-state index in [1.54, 1.807) is 6.20 Å². The van der Waals surface area contributed by atoms with Crippen LogP contribution in [0.1, 0.15) is 41.0 Å². The van der Waals surface area contributed by atoms with E-state index >= 15 is 0 Å². The van der Waals surface area contributed by atoms with Gasteiger partial charge in [0.15, 0.2) is 5.75 Å². The highest BCUT2D eigenvalue weighted by Crippen LogP contribution is 2.12. The first-order valence-electron chi connectivity index (χ1n) is 6.38. The highest BCUT2D eigenvalue weighted by molar-refractivity contribution is 5.12. The molecule has 0 saturated carbocycles. The van der Waals surface area contributed by atoms with Crippen molar-refractivity contribution in [2.24, 2.45) is 0 Å². The van der Waals surface area contributed by atoms with Crippen molar-refractivity contribution in [3.05, 3.63) is 12.4 Å². The van der Waals surface area contributed by atoms with Gasteiger partial charge in [-0.1, -0.05) is 6.92 Å². The summed E-state index contributed by atoms with van der Waals surface area (Å²) in [6.45, 7) is 12.4. The van der Waals surface area contributed by atoms with Crippen molar-refractivity contribution in [1.82, 2.24) is 15.1 Å². The molecule has 0 aromatic carbocycles. The van der Waals surface area contributed by atoms with E-state index in [2.05, 4.69) is 45.0 Å². The van der Waals surface area contributed by atoms with Gasteiger partial charge in [-0.2, -0.15) is 5.10 Å². The Morgan fingerprint density at radius 2 is 2.12 bits per heavy atom. The van der Waals surface area contributed by atoms with Crippen LogP contribution in [0.2, 0.25) is 0 Å². The van der Waals surface area contributed by atoms with E-state index in [0.717, 1.165) is 25.3 Å². The molecule has 1 unspecified atom stereocenters. The molecular weight excluding hydrogens is 214 g/mol. The summed E-state index contributed by atoms with van der Waals surface area (Å²) in [5.74, 6) is 0.856. The highest BCUT2D eigenvalue weighted by atomic mass is 16.5. The Morgan fingerprint density at radius 1 is 1.41 bits per heavy atom. The predicted octanol–water partition coefficient (Wildman–Crippen LogP) is 2.45. The zero-order valence-corrected chi connectivity index (χ0v) is 11.7. The molecular formula is C13H25N3O. The molecule has 0 saturated heterocycles. The molecule has 0 aliphatic heterocycles. The zero-order chi connectivity index (χ0) is 12.9. The van der Waals surface area contributed by atoms with E-state index in [1.165, 1.54) is 0 Å². The molecule has 4 nitrogen and oxygen atoms in total. The quantitative estimate of drug-likeness (QED) is 0.828. The second-order valence-corrected chi connectivity index (χ2v) is 5.31. The molecule has 1 aromatic rings. The maximum Gasteiger partial charge on any atom is 0.157 e. The molecule has 0 radical (unpaired) electrons. The Hall–Kier alpha value is -1.03. The van der Waals surface area contributed by atoms with Crippen LogP contribution in [0, 0.1) is 0 Å². The number of aryl methyl sites for hydroxylation is 1. The Bertz CT molecular complexity index is 328. The minimum Gasteiger partial charge on any atom is -0.486 e. The van der Waals surface area contributed by atoms with Crippen molar-refractivity contribution in [2.45, 2.75) is 59.2 Å². The number of aromatic nitrogens is 2. The second kappa shape index (κ2) is 6.05. The van der Waals surface area contributed by atoms with E-state index in [9.17, 15) is 0 Å². The van der Waals surface area contributed by atoms with E-state index in [0.29, 0.717) is 0 Å². The van der Waals surface area contributed by atoms with E-state index in [4.69, 9.17) is 4.74 Å². The maximum atomic E-state index is 5.90. The molecule has 0 fully saturated rings. The van der Waals surface area contributed by atoms with E-state index in [1.807, 2.05) is 10.9 Å². The van der Waals surface area contributed by atoms with Crippen LogP contribution in [0.4, 0.5) is 0 Å². The van der Waals surface area contributed by atoms with Gasteiger partial charge in [0.25, 0.3) is 0 Å². The normalized spacial score (nSPS) is 13.7. The molecule has 1 aromatic heterocycles. The average molecular weight is 239 g/mol. The number of rotatable bonds is 6. The molecule has 1 atom stereocenters. The largest absolute Gasteiger partial charge is 0.486 e. The van der Waals surface area contributed by atoms with Crippen LogP contribution in [0.15, 0.2) is 12.4 Å². The first kappa shape index (κ1) is 14.0. The Morgan fingerprint density at radius 3 is 2.59 bits per heavy atom. The van der Waals surface area contributed by atoms with Gasteiger partial charge >= 0.3 is 0 Å². The first-order valence-corrected chi connectivity index (χ1v) is 6.38. The molecule has 1 rings (SSSR count). The van der Waals surface area contributed by atoms with Gasteiger partial charge < -0.3 is 10.1 Å². The van der Waals surface area contributed by atoms with Crippen molar-refractivity contribution in [2.75, 3.05) is 6.54 Å². The number of ether oxygens (including phenoxy) is 1. The molecule has 4 heteroatoms. The fraction of sp³-hybridized carbons (Fsp3) is 0.769. The molecule has 0 aliphatic rings. The minimum absolute atomic E-state index is 0.129. The molecule has 1 N–H and O–H groups in total. The summed E-state index contributed by atoms with van der Waals surface area (Å²) in [5, 5.41) is 7.66. The maximum absolute atomic E-state index is 5.90. The molecule has 17 heavy (non-hydrogen) atoms. The standard InChI is InChI=1S/C13H25N3O/c1-6-11(8-14-13(3,4)5)17-12-9-15-16(7-2)10-12/h9-11,14H,6-8H2,1-5H3. The van der Waals surface area contributed by atoms with Crippen LogP contribution in [-0.2, 0) is 6.54 Å². The van der Waals surface area contributed by atoms with Gasteiger partial charge in [-0.3, -0.25) is 4.68 Å². The van der Waals surface area contributed by atoms with Crippen LogP contribution < -0.4 is 10.1 Å². The van der Waals surface area contributed by atoms with Crippen molar-refractivity contribution in [3.63, 3.8) is 0 Å². The van der Waals surface area contributed by atoms with Crippen LogP contribution in [0.3, 0.4) is 0 Å². The average Bonchev–Trinajstić information content (AvgIpc) is 2.70. The summed E-state index contributed by atoms with van der Waals surface area (Å²) in [7, 11) is 0. The fourth-order valence-corrected chi connectivity index (χ4v) is 1.46. The van der Waals surface area contributed by atoms with Crippen molar-refractivity contribution in [3.8, 4) is 5.75 Å². The lowest BCUT2D eigenvalue weighted by atomic mass is 10.1. The lowest BCUT2D eigenvalue weighted by molar-refractivity contribution is 0.181. The number of nitrogens with one attached hydrogen (secondary N) is 1. The fourth-order valence-electron chi connectivity index (χ4n) is 1.46. The molecule has 98 valence electrons.